The number of halogens is 1. The summed E-state index contributed by atoms with van der Waals surface area (Å²) >= 11 is 7.24. The summed E-state index contributed by atoms with van der Waals surface area (Å²) in [7, 11) is 0. The van der Waals surface area contributed by atoms with Gasteiger partial charge in [-0.05, 0) is 42.8 Å². The third-order valence-corrected chi connectivity index (χ3v) is 5.30. The molecule has 0 aliphatic heterocycles. The van der Waals surface area contributed by atoms with Gasteiger partial charge in [0.1, 0.15) is 0 Å². The molecule has 0 atom stereocenters. The molecular weight excluding hydrogens is 394 g/mol. The Morgan fingerprint density at radius 2 is 1.86 bits per heavy atom. The number of anilines is 1. The molecule has 0 unspecified atom stereocenters. The van der Waals surface area contributed by atoms with Gasteiger partial charge < -0.3 is 5.32 Å². The third-order valence-electron chi connectivity index (χ3n) is 4.13. The van der Waals surface area contributed by atoms with E-state index in [-0.39, 0.29) is 11.7 Å². The second-order valence-corrected chi connectivity index (χ2v) is 7.51. The van der Waals surface area contributed by atoms with Gasteiger partial charge in [0.05, 0.1) is 11.4 Å². The number of para-hydroxylation sites is 1. The first-order chi connectivity index (χ1) is 13.6. The van der Waals surface area contributed by atoms with Crippen molar-refractivity contribution in [2.75, 3.05) is 11.1 Å². The van der Waals surface area contributed by atoms with Crippen LogP contribution in [0, 0.1) is 6.92 Å². The van der Waals surface area contributed by atoms with Gasteiger partial charge in [-0.2, -0.15) is 9.61 Å². The molecule has 8 heteroatoms. The summed E-state index contributed by atoms with van der Waals surface area (Å²) in [6.45, 7) is 1.96. The number of aryl methyl sites for hydroxylation is 1. The molecule has 0 fully saturated rings. The standard InChI is InChI=1S/C20H16ClN5OS/c1-13-4-2-3-5-16(13)22-19(27)12-28-20-24-23-18-11-10-17(25-26(18)20)14-6-8-15(21)9-7-14/h2-11H,12H2,1H3,(H,22,27). The second kappa shape index (κ2) is 8.00. The van der Waals surface area contributed by atoms with Crippen molar-refractivity contribution in [3.63, 3.8) is 0 Å². The average Bonchev–Trinajstić information content (AvgIpc) is 3.11. The van der Waals surface area contributed by atoms with E-state index in [9.17, 15) is 4.79 Å². The summed E-state index contributed by atoms with van der Waals surface area (Å²) in [5.74, 6) is 0.104. The van der Waals surface area contributed by atoms with E-state index in [1.807, 2.05) is 67.6 Å². The number of benzene rings is 2. The molecule has 140 valence electrons. The van der Waals surface area contributed by atoms with Crippen LogP contribution in [0.2, 0.25) is 5.02 Å². The minimum absolute atomic E-state index is 0.107. The molecule has 2 heterocycles. The number of aromatic nitrogens is 4. The summed E-state index contributed by atoms with van der Waals surface area (Å²) < 4.78 is 1.65. The molecule has 1 N–H and O–H groups in total. The number of rotatable bonds is 5. The number of carbonyl (C=O) groups excluding carboxylic acids is 1. The minimum Gasteiger partial charge on any atom is -0.325 e. The molecule has 2 aromatic heterocycles. The maximum atomic E-state index is 12.3. The Balaban J connectivity index is 1.51. The first-order valence-electron chi connectivity index (χ1n) is 8.57. The van der Waals surface area contributed by atoms with E-state index in [2.05, 4.69) is 20.6 Å². The van der Waals surface area contributed by atoms with Crippen LogP contribution in [-0.4, -0.2) is 31.5 Å². The van der Waals surface area contributed by atoms with Gasteiger partial charge in [0, 0.05) is 16.3 Å². The molecule has 0 saturated heterocycles. The van der Waals surface area contributed by atoms with Crippen molar-refractivity contribution in [2.24, 2.45) is 0 Å². The lowest BCUT2D eigenvalue weighted by molar-refractivity contribution is -0.113. The van der Waals surface area contributed by atoms with Gasteiger partial charge in [0.2, 0.25) is 11.1 Å². The highest BCUT2D eigenvalue weighted by Crippen LogP contribution is 2.22. The van der Waals surface area contributed by atoms with Crippen LogP contribution in [-0.2, 0) is 4.79 Å². The Hall–Kier alpha value is -2.90. The zero-order valence-electron chi connectivity index (χ0n) is 15.0. The monoisotopic (exact) mass is 409 g/mol. The predicted molar refractivity (Wildman–Crippen MR) is 112 cm³/mol. The molecule has 0 bridgehead atoms. The van der Waals surface area contributed by atoms with Crippen molar-refractivity contribution in [1.29, 1.82) is 0 Å². The number of carbonyl (C=O) groups is 1. The summed E-state index contributed by atoms with van der Waals surface area (Å²) in [6, 6.07) is 18.8. The molecule has 28 heavy (non-hydrogen) atoms. The molecular formula is C20H16ClN5OS. The molecule has 0 aliphatic carbocycles. The van der Waals surface area contributed by atoms with Gasteiger partial charge in [0.25, 0.3) is 0 Å². The molecule has 0 spiro atoms. The highest BCUT2D eigenvalue weighted by Gasteiger charge is 2.12. The number of hydrogen-bond donors (Lipinski definition) is 1. The maximum Gasteiger partial charge on any atom is 0.234 e. The number of amides is 1. The van der Waals surface area contributed by atoms with Crippen LogP contribution in [0.3, 0.4) is 0 Å². The third kappa shape index (κ3) is 4.00. The topological polar surface area (TPSA) is 72.2 Å². The van der Waals surface area contributed by atoms with Crippen molar-refractivity contribution in [1.82, 2.24) is 19.8 Å². The largest absolute Gasteiger partial charge is 0.325 e. The van der Waals surface area contributed by atoms with Crippen LogP contribution < -0.4 is 5.32 Å². The zero-order valence-corrected chi connectivity index (χ0v) is 16.5. The summed E-state index contributed by atoms with van der Waals surface area (Å²) in [6.07, 6.45) is 0. The summed E-state index contributed by atoms with van der Waals surface area (Å²) in [4.78, 5) is 12.3. The van der Waals surface area contributed by atoms with Gasteiger partial charge in [-0.15, -0.1) is 10.2 Å². The van der Waals surface area contributed by atoms with Gasteiger partial charge in [-0.1, -0.05) is 53.7 Å². The Labute approximate surface area is 170 Å². The van der Waals surface area contributed by atoms with Crippen molar-refractivity contribution in [3.05, 3.63) is 71.2 Å². The van der Waals surface area contributed by atoms with E-state index in [1.54, 1.807) is 4.52 Å². The molecule has 2 aromatic carbocycles. The maximum absolute atomic E-state index is 12.3. The quantitative estimate of drug-likeness (QED) is 0.492. The Bertz CT molecular complexity index is 1140. The number of hydrogen-bond acceptors (Lipinski definition) is 5. The van der Waals surface area contributed by atoms with Crippen LogP contribution in [0.4, 0.5) is 5.69 Å². The lowest BCUT2D eigenvalue weighted by Gasteiger charge is -2.07. The van der Waals surface area contributed by atoms with Gasteiger partial charge >= 0.3 is 0 Å². The van der Waals surface area contributed by atoms with E-state index in [0.717, 1.165) is 22.5 Å². The predicted octanol–water partition coefficient (Wildman–Crippen LogP) is 4.48. The Morgan fingerprint density at radius 1 is 1.07 bits per heavy atom. The van der Waals surface area contributed by atoms with Crippen LogP contribution in [0.1, 0.15) is 5.56 Å². The number of fused-ring (bicyclic) bond motifs is 1. The molecule has 0 aliphatic rings. The Kier molecular flexibility index (Phi) is 5.27. The van der Waals surface area contributed by atoms with Gasteiger partial charge in [0.15, 0.2) is 5.65 Å². The average molecular weight is 410 g/mol. The van der Waals surface area contributed by atoms with E-state index in [0.29, 0.717) is 15.8 Å². The Morgan fingerprint density at radius 3 is 2.64 bits per heavy atom. The van der Waals surface area contributed by atoms with Crippen molar-refractivity contribution >= 4 is 40.6 Å². The first-order valence-corrected chi connectivity index (χ1v) is 9.93. The van der Waals surface area contributed by atoms with Gasteiger partial charge in [-0.25, -0.2) is 0 Å². The van der Waals surface area contributed by atoms with E-state index < -0.39 is 0 Å². The normalized spacial score (nSPS) is 10.9. The first kappa shape index (κ1) is 18.5. The molecule has 1 amide bonds. The smallest absolute Gasteiger partial charge is 0.234 e. The second-order valence-electron chi connectivity index (χ2n) is 6.13. The molecule has 4 aromatic rings. The fourth-order valence-corrected chi connectivity index (χ4v) is 3.48. The SMILES string of the molecule is Cc1ccccc1NC(=O)CSc1nnc2ccc(-c3ccc(Cl)cc3)nn12. The van der Waals surface area contributed by atoms with Crippen molar-refractivity contribution < 1.29 is 4.79 Å². The van der Waals surface area contributed by atoms with Gasteiger partial charge in [-0.3, -0.25) is 4.79 Å². The fraction of sp³-hybridized carbons (Fsp3) is 0.100. The van der Waals surface area contributed by atoms with E-state index in [1.165, 1.54) is 11.8 Å². The fourth-order valence-electron chi connectivity index (χ4n) is 2.66. The van der Waals surface area contributed by atoms with E-state index in [4.69, 9.17) is 11.6 Å². The van der Waals surface area contributed by atoms with Crippen molar-refractivity contribution in [2.45, 2.75) is 12.1 Å². The summed E-state index contributed by atoms with van der Waals surface area (Å²) in [5.41, 5.74) is 4.16. The molecule has 0 saturated carbocycles. The lowest BCUT2D eigenvalue weighted by atomic mass is 10.1. The lowest BCUT2D eigenvalue weighted by Crippen LogP contribution is -2.15. The highest BCUT2D eigenvalue weighted by molar-refractivity contribution is 7.99. The number of thioether (sulfide) groups is 1. The van der Waals surface area contributed by atoms with Crippen LogP contribution in [0.5, 0.6) is 0 Å². The molecule has 0 radical (unpaired) electrons. The number of nitrogens with one attached hydrogen (secondary N) is 1. The van der Waals surface area contributed by atoms with E-state index >= 15 is 0 Å². The minimum atomic E-state index is -0.107. The van der Waals surface area contributed by atoms with Crippen LogP contribution >= 0.6 is 23.4 Å². The van der Waals surface area contributed by atoms with Crippen molar-refractivity contribution in [3.8, 4) is 11.3 Å². The zero-order chi connectivity index (χ0) is 19.5. The molecule has 6 nitrogen and oxygen atoms in total. The van der Waals surface area contributed by atoms with Crippen LogP contribution in [0.15, 0.2) is 65.8 Å². The highest BCUT2D eigenvalue weighted by atomic mass is 35.5. The molecule has 4 rings (SSSR count). The van der Waals surface area contributed by atoms with Crippen LogP contribution in [0.25, 0.3) is 16.9 Å². The summed E-state index contributed by atoms with van der Waals surface area (Å²) in [5, 5.41) is 17.0. The number of nitrogens with zero attached hydrogens (tertiary/aromatic N) is 4.